The van der Waals surface area contributed by atoms with Gasteiger partial charge in [-0.3, -0.25) is 4.79 Å². The van der Waals surface area contributed by atoms with E-state index in [9.17, 15) is 26.7 Å². The van der Waals surface area contributed by atoms with Gasteiger partial charge in [-0.05, 0) is 42.8 Å². The van der Waals surface area contributed by atoms with Gasteiger partial charge < -0.3 is 0 Å². The zero-order valence-electron chi connectivity index (χ0n) is 10.8. The molecule has 2 aromatic rings. The molecule has 21 heavy (non-hydrogen) atoms. The molecule has 0 aliphatic carbocycles. The minimum Gasteiger partial charge on any atom is -0.288 e. The molecule has 110 valence electrons. The summed E-state index contributed by atoms with van der Waals surface area (Å²) >= 11 is 0. The van der Waals surface area contributed by atoms with Gasteiger partial charge in [0.05, 0.1) is 11.1 Å². The molecule has 0 heterocycles. The number of aryl methyl sites for hydroxylation is 1. The molecule has 0 radical (unpaired) electrons. The van der Waals surface area contributed by atoms with Crippen molar-refractivity contribution in [2.45, 2.75) is 13.1 Å². The van der Waals surface area contributed by atoms with Crippen LogP contribution in [0.4, 0.5) is 22.0 Å². The van der Waals surface area contributed by atoms with Gasteiger partial charge >= 0.3 is 6.18 Å². The SMILES string of the molecule is Cc1ccc(F)cc1C(=O)c1cc(C(F)(F)F)ccc1F. The molecule has 2 rings (SSSR count). The van der Waals surface area contributed by atoms with Crippen LogP contribution in [0.1, 0.15) is 27.0 Å². The third-order valence-electron chi connectivity index (χ3n) is 2.98. The number of ketones is 1. The summed E-state index contributed by atoms with van der Waals surface area (Å²) in [5.74, 6) is -2.80. The van der Waals surface area contributed by atoms with E-state index in [2.05, 4.69) is 0 Å². The van der Waals surface area contributed by atoms with Gasteiger partial charge in [0.2, 0.25) is 0 Å². The fourth-order valence-corrected chi connectivity index (χ4v) is 1.86. The van der Waals surface area contributed by atoms with Crippen molar-refractivity contribution in [3.05, 3.63) is 70.3 Å². The van der Waals surface area contributed by atoms with Crippen molar-refractivity contribution in [2.75, 3.05) is 0 Å². The Morgan fingerprint density at radius 3 is 2.24 bits per heavy atom. The summed E-state index contributed by atoms with van der Waals surface area (Å²) in [7, 11) is 0. The summed E-state index contributed by atoms with van der Waals surface area (Å²) in [5, 5.41) is 0. The molecular weight excluding hydrogens is 291 g/mol. The van der Waals surface area contributed by atoms with Crippen LogP contribution < -0.4 is 0 Å². The van der Waals surface area contributed by atoms with E-state index in [0.717, 1.165) is 12.1 Å². The number of carbonyl (C=O) groups is 1. The molecule has 6 heteroatoms. The first-order valence-corrected chi connectivity index (χ1v) is 5.88. The number of halogens is 5. The molecule has 0 atom stereocenters. The zero-order chi connectivity index (χ0) is 15.8. The van der Waals surface area contributed by atoms with E-state index in [4.69, 9.17) is 0 Å². The molecule has 0 saturated heterocycles. The van der Waals surface area contributed by atoms with Gasteiger partial charge in [0.15, 0.2) is 5.78 Å². The number of benzene rings is 2. The first-order valence-electron chi connectivity index (χ1n) is 5.88. The normalized spacial score (nSPS) is 11.5. The van der Waals surface area contributed by atoms with Crippen LogP contribution in [0.15, 0.2) is 36.4 Å². The molecule has 0 fully saturated rings. The van der Waals surface area contributed by atoms with Gasteiger partial charge in [0.25, 0.3) is 0 Å². The quantitative estimate of drug-likeness (QED) is 0.588. The molecule has 0 spiro atoms. The van der Waals surface area contributed by atoms with Gasteiger partial charge in [-0.15, -0.1) is 0 Å². The predicted octanol–water partition coefficient (Wildman–Crippen LogP) is 4.52. The summed E-state index contributed by atoms with van der Waals surface area (Å²) in [5.41, 5.74) is -1.70. The maximum atomic E-state index is 13.6. The van der Waals surface area contributed by atoms with Crippen LogP contribution in [0.5, 0.6) is 0 Å². The Kier molecular flexibility index (Phi) is 3.80. The van der Waals surface area contributed by atoms with Crippen LogP contribution in [0.3, 0.4) is 0 Å². The smallest absolute Gasteiger partial charge is 0.288 e. The lowest BCUT2D eigenvalue weighted by Gasteiger charge is -2.10. The van der Waals surface area contributed by atoms with E-state index in [1.54, 1.807) is 0 Å². The highest BCUT2D eigenvalue weighted by atomic mass is 19.4. The van der Waals surface area contributed by atoms with Crippen LogP contribution >= 0.6 is 0 Å². The van der Waals surface area contributed by atoms with Gasteiger partial charge in [-0.2, -0.15) is 13.2 Å². The number of hydrogen-bond acceptors (Lipinski definition) is 1. The van der Waals surface area contributed by atoms with Crippen LogP contribution in [0, 0.1) is 18.6 Å². The topological polar surface area (TPSA) is 17.1 Å². The van der Waals surface area contributed by atoms with E-state index in [1.807, 2.05) is 0 Å². The highest BCUT2D eigenvalue weighted by Crippen LogP contribution is 2.31. The monoisotopic (exact) mass is 300 g/mol. The minimum absolute atomic E-state index is 0.173. The lowest BCUT2D eigenvalue weighted by Crippen LogP contribution is -2.11. The van der Waals surface area contributed by atoms with Crippen molar-refractivity contribution in [3.8, 4) is 0 Å². The highest BCUT2D eigenvalue weighted by molar-refractivity contribution is 6.10. The molecule has 0 saturated carbocycles. The largest absolute Gasteiger partial charge is 0.416 e. The summed E-state index contributed by atoms with van der Waals surface area (Å²) in [6.07, 6.45) is -4.69. The first kappa shape index (κ1) is 15.2. The second-order valence-corrected chi connectivity index (χ2v) is 4.48. The standard InChI is InChI=1S/C15H9F5O/c1-8-2-4-10(16)7-11(8)14(21)12-6-9(15(18,19)20)3-5-13(12)17/h2-7H,1H3. The number of rotatable bonds is 2. The van der Waals surface area contributed by atoms with Gasteiger partial charge in [0.1, 0.15) is 11.6 Å². The second-order valence-electron chi connectivity index (χ2n) is 4.48. The molecule has 0 aliphatic heterocycles. The van der Waals surface area contributed by atoms with Crippen LogP contribution in [-0.2, 0) is 6.18 Å². The summed E-state index contributed by atoms with van der Waals surface area (Å²) < 4.78 is 64.7. The average molecular weight is 300 g/mol. The van der Waals surface area contributed by atoms with Crippen molar-refractivity contribution in [2.24, 2.45) is 0 Å². The van der Waals surface area contributed by atoms with Gasteiger partial charge in [-0.25, -0.2) is 8.78 Å². The molecule has 0 bridgehead atoms. The second kappa shape index (κ2) is 5.27. The maximum absolute atomic E-state index is 13.6. The van der Waals surface area contributed by atoms with E-state index in [0.29, 0.717) is 23.8 Å². The molecule has 0 unspecified atom stereocenters. The Labute approximate surface area is 117 Å². The Bertz CT molecular complexity index is 704. The van der Waals surface area contributed by atoms with Crippen LogP contribution in [-0.4, -0.2) is 5.78 Å². The number of hydrogen-bond donors (Lipinski definition) is 0. The lowest BCUT2D eigenvalue weighted by atomic mass is 9.97. The predicted molar refractivity (Wildman–Crippen MR) is 66.0 cm³/mol. The van der Waals surface area contributed by atoms with Crippen molar-refractivity contribution in [1.29, 1.82) is 0 Å². The number of alkyl halides is 3. The molecule has 0 amide bonds. The van der Waals surface area contributed by atoms with Crippen molar-refractivity contribution in [1.82, 2.24) is 0 Å². The van der Waals surface area contributed by atoms with Crippen LogP contribution in [0.25, 0.3) is 0 Å². The van der Waals surface area contributed by atoms with Gasteiger partial charge in [-0.1, -0.05) is 6.07 Å². The molecule has 0 aromatic heterocycles. The van der Waals surface area contributed by atoms with Gasteiger partial charge in [0, 0.05) is 5.56 Å². The summed E-state index contributed by atoms with van der Waals surface area (Å²) in [6.45, 7) is 1.48. The Balaban J connectivity index is 2.55. The Morgan fingerprint density at radius 2 is 1.62 bits per heavy atom. The molecule has 0 aliphatic rings. The van der Waals surface area contributed by atoms with E-state index in [1.165, 1.54) is 13.0 Å². The fourth-order valence-electron chi connectivity index (χ4n) is 1.86. The van der Waals surface area contributed by atoms with Crippen LogP contribution in [0.2, 0.25) is 0 Å². The first-order chi connectivity index (χ1) is 9.70. The zero-order valence-corrected chi connectivity index (χ0v) is 10.8. The average Bonchev–Trinajstić information content (AvgIpc) is 2.40. The molecule has 0 N–H and O–H groups in total. The number of carbonyl (C=O) groups excluding carboxylic acids is 1. The van der Waals surface area contributed by atoms with E-state index >= 15 is 0 Å². The lowest BCUT2D eigenvalue weighted by molar-refractivity contribution is -0.137. The molecular formula is C15H9F5O. The Morgan fingerprint density at radius 1 is 0.952 bits per heavy atom. The molecule has 2 aromatic carbocycles. The maximum Gasteiger partial charge on any atom is 0.416 e. The summed E-state index contributed by atoms with van der Waals surface area (Å²) in [4.78, 5) is 12.1. The summed E-state index contributed by atoms with van der Waals surface area (Å²) in [6, 6.07) is 4.83. The fraction of sp³-hybridized carbons (Fsp3) is 0.133. The van der Waals surface area contributed by atoms with E-state index in [-0.39, 0.29) is 5.56 Å². The Hall–Kier alpha value is -2.24. The van der Waals surface area contributed by atoms with E-state index < -0.39 is 34.7 Å². The highest BCUT2D eigenvalue weighted by Gasteiger charge is 2.32. The minimum atomic E-state index is -4.69. The van der Waals surface area contributed by atoms with Crippen molar-refractivity contribution in [3.63, 3.8) is 0 Å². The molecule has 1 nitrogen and oxygen atoms in total. The van der Waals surface area contributed by atoms with Crippen molar-refractivity contribution >= 4 is 5.78 Å². The third kappa shape index (κ3) is 3.09. The third-order valence-corrected chi connectivity index (χ3v) is 2.98. The van der Waals surface area contributed by atoms with Crippen molar-refractivity contribution < 1.29 is 26.7 Å².